The van der Waals surface area contributed by atoms with E-state index in [2.05, 4.69) is 14.5 Å². The molecule has 1 aromatic heterocycles. The molecule has 0 aliphatic carbocycles. The molecule has 1 aromatic carbocycles. The summed E-state index contributed by atoms with van der Waals surface area (Å²) in [7, 11) is -4.17. The Labute approximate surface area is 184 Å². The van der Waals surface area contributed by atoms with Crippen LogP contribution in [-0.2, 0) is 9.24 Å². The van der Waals surface area contributed by atoms with Crippen LogP contribution in [0.1, 0.15) is 52.0 Å². The SMILES string of the molecule is CCC(CC)P(=O)(O)OOc1nc(Cl)c(Oc2ccc(O)c(C(C)C)c2)c(Cl)c1F. The number of benzene rings is 1. The summed E-state index contributed by atoms with van der Waals surface area (Å²) in [6.45, 7) is 7.20. The van der Waals surface area contributed by atoms with Gasteiger partial charge in [0, 0.05) is 5.56 Å². The van der Waals surface area contributed by atoms with Gasteiger partial charge in [0.1, 0.15) is 16.5 Å². The smallest absolute Gasteiger partial charge is 0.369 e. The molecule has 7 nitrogen and oxygen atoms in total. The van der Waals surface area contributed by atoms with Crippen molar-refractivity contribution in [1.29, 1.82) is 0 Å². The van der Waals surface area contributed by atoms with Crippen molar-refractivity contribution in [1.82, 2.24) is 4.98 Å². The summed E-state index contributed by atoms with van der Waals surface area (Å²) in [6, 6.07) is 4.45. The minimum absolute atomic E-state index is 0.00604. The molecule has 2 aromatic rings. The summed E-state index contributed by atoms with van der Waals surface area (Å²) < 4.78 is 37.0. The molecule has 0 amide bonds. The number of nitrogens with zero attached hydrogens (tertiary/aromatic N) is 1. The van der Waals surface area contributed by atoms with Crippen molar-refractivity contribution in [2.24, 2.45) is 0 Å². The number of rotatable bonds is 9. The number of pyridine rings is 1. The van der Waals surface area contributed by atoms with Crippen LogP contribution in [0.2, 0.25) is 10.2 Å². The summed E-state index contributed by atoms with van der Waals surface area (Å²) in [6.07, 6.45) is 0.728. The van der Waals surface area contributed by atoms with E-state index in [1.54, 1.807) is 19.9 Å². The molecular formula is C19H23Cl2FNO6P. The van der Waals surface area contributed by atoms with Crippen LogP contribution in [-0.4, -0.2) is 20.6 Å². The fourth-order valence-corrected chi connectivity index (χ4v) is 4.38. The van der Waals surface area contributed by atoms with Gasteiger partial charge < -0.3 is 19.6 Å². The summed E-state index contributed by atoms with van der Waals surface area (Å²) in [5, 5.41) is 9.00. The van der Waals surface area contributed by atoms with E-state index in [1.165, 1.54) is 12.1 Å². The molecule has 11 heteroatoms. The van der Waals surface area contributed by atoms with Crippen molar-refractivity contribution >= 4 is 30.8 Å². The first-order valence-electron chi connectivity index (χ1n) is 9.25. The maximum Gasteiger partial charge on any atom is 0.369 e. The molecular weight excluding hydrogens is 459 g/mol. The van der Waals surface area contributed by atoms with Crippen LogP contribution in [0, 0.1) is 5.82 Å². The van der Waals surface area contributed by atoms with Crippen molar-refractivity contribution < 1.29 is 33.3 Å². The van der Waals surface area contributed by atoms with E-state index in [0.29, 0.717) is 18.4 Å². The number of phenols is 1. The van der Waals surface area contributed by atoms with Crippen molar-refractivity contribution in [2.75, 3.05) is 0 Å². The lowest BCUT2D eigenvalue weighted by Crippen LogP contribution is -2.11. The lowest BCUT2D eigenvalue weighted by atomic mass is 10.0. The highest BCUT2D eigenvalue weighted by Gasteiger charge is 2.33. The van der Waals surface area contributed by atoms with E-state index in [1.807, 2.05) is 13.8 Å². The zero-order chi connectivity index (χ0) is 22.6. The fraction of sp³-hybridized carbons (Fsp3) is 0.421. The Morgan fingerprint density at radius 2 is 1.87 bits per heavy atom. The maximum absolute atomic E-state index is 14.6. The second-order valence-electron chi connectivity index (χ2n) is 6.83. The second-order valence-corrected chi connectivity index (χ2v) is 9.58. The number of phenolic OH excluding ortho intramolecular Hbond substituents is 1. The Hall–Kier alpha value is -1.57. The zero-order valence-corrected chi connectivity index (χ0v) is 19.3. The van der Waals surface area contributed by atoms with Gasteiger partial charge in [0.05, 0.1) is 5.66 Å². The van der Waals surface area contributed by atoms with E-state index in [4.69, 9.17) is 27.9 Å². The van der Waals surface area contributed by atoms with Gasteiger partial charge in [0.15, 0.2) is 10.9 Å². The van der Waals surface area contributed by atoms with Crippen LogP contribution in [0.4, 0.5) is 4.39 Å². The van der Waals surface area contributed by atoms with Gasteiger partial charge >= 0.3 is 7.60 Å². The molecule has 1 unspecified atom stereocenters. The highest BCUT2D eigenvalue weighted by atomic mass is 35.5. The van der Waals surface area contributed by atoms with Crippen LogP contribution >= 0.6 is 30.8 Å². The quantitative estimate of drug-likeness (QED) is 0.175. The number of hydrogen-bond donors (Lipinski definition) is 2. The van der Waals surface area contributed by atoms with Crippen LogP contribution < -0.4 is 9.62 Å². The fourth-order valence-electron chi connectivity index (χ4n) is 2.69. The number of ether oxygens (including phenoxy) is 1. The van der Waals surface area contributed by atoms with E-state index < -0.39 is 30.0 Å². The molecule has 166 valence electrons. The molecule has 0 aliphatic heterocycles. The molecule has 2 rings (SSSR count). The third-order valence-corrected chi connectivity index (χ3v) is 6.97. The first-order chi connectivity index (χ1) is 14.0. The molecule has 0 radical (unpaired) electrons. The van der Waals surface area contributed by atoms with Gasteiger partial charge in [0.25, 0.3) is 5.88 Å². The molecule has 0 fully saturated rings. The topological polar surface area (TPSA) is 98.1 Å². The van der Waals surface area contributed by atoms with Crippen LogP contribution in [0.15, 0.2) is 18.2 Å². The molecule has 0 spiro atoms. The first-order valence-corrected chi connectivity index (χ1v) is 11.7. The van der Waals surface area contributed by atoms with Crippen molar-refractivity contribution in [2.45, 2.75) is 52.1 Å². The minimum Gasteiger partial charge on any atom is -0.508 e. The Balaban J connectivity index is 2.29. The van der Waals surface area contributed by atoms with Gasteiger partial charge in [-0.15, -0.1) is 0 Å². The molecule has 0 saturated carbocycles. The summed E-state index contributed by atoms with van der Waals surface area (Å²) >= 11 is 12.1. The molecule has 2 N–H and O–H groups in total. The largest absolute Gasteiger partial charge is 0.508 e. The Kier molecular flexibility index (Phi) is 8.36. The third kappa shape index (κ3) is 5.56. The second kappa shape index (κ2) is 10.2. The van der Waals surface area contributed by atoms with Crippen LogP contribution in [0.25, 0.3) is 0 Å². The highest BCUT2D eigenvalue weighted by molar-refractivity contribution is 7.53. The van der Waals surface area contributed by atoms with Gasteiger partial charge in [-0.1, -0.05) is 55.6 Å². The maximum atomic E-state index is 14.6. The molecule has 0 aliphatic rings. The van der Waals surface area contributed by atoms with Crippen LogP contribution in [0.5, 0.6) is 23.1 Å². The highest BCUT2D eigenvalue weighted by Crippen LogP contribution is 2.51. The molecule has 30 heavy (non-hydrogen) atoms. The van der Waals surface area contributed by atoms with E-state index in [9.17, 15) is 19.0 Å². The van der Waals surface area contributed by atoms with Crippen molar-refractivity contribution in [3.8, 4) is 23.1 Å². The average molecular weight is 482 g/mol. The normalized spacial score (nSPS) is 13.5. The molecule has 0 bridgehead atoms. The predicted octanol–water partition coefficient (Wildman–Crippen LogP) is 6.83. The van der Waals surface area contributed by atoms with E-state index >= 15 is 0 Å². The number of aromatic nitrogens is 1. The first kappa shape index (κ1) is 24.7. The van der Waals surface area contributed by atoms with E-state index in [-0.39, 0.29) is 28.3 Å². The van der Waals surface area contributed by atoms with Gasteiger partial charge in [0.2, 0.25) is 5.82 Å². The molecule has 1 atom stereocenters. The monoisotopic (exact) mass is 481 g/mol. The third-order valence-electron chi connectivity index (χ3n) is 4.43. The van der Waals surface area contributed by atoms with Crippen molar-refractivity contribution in [3.63, 3.8) is 0 Å². The summed E-state index contributed by atoms with van der Waals surface area (Å²) in [5.74, 6) is -1.91. The Morgan fingerprint density at radius 1 is 1.23 bits per heavy atom. The van der Waals surface area contributed by atoms with Gasteiger partial charge in [-0.3, -0.25) is 4.57 Å². The van der Waals surface area contributed by atoms with Gasteiger partial charge in [-0.05, 0) is 37.0 Å². The summed E-state index contributed by atoms with van der Waals surface area (Å²) in [4.78, 5) is 18.3. The van der Waals surface area contributed by atoms with Crippen LogP contribution in [0.3, 0.4) is 0 Å². The Morgan fingerprint density at radius 3 is 2.43 bits per heavy atom. The Bertz CT molecular complexity index is 955. The molecule has 1 heterocycles. The number of halogens is 3. The van der Waals surface area contributed by atoms with Gasteiger partial charge in [-0.25, -0.2) is 0 Å². The van der Waals surface area contributed by atoms with Crippen molar-refractivity contribution in [3.05, 3.63) is 39.8 Å². The lowest BCUT2D eigenvalue weighted by molar-refractivity contribution is -0.118. The lowest BCUT2D eigenvalue weighted by Gasteiger charge is -2.19. The number of hydrogen-bond acceptors (Lipinski definition) is 6. The van der Waals surface area contributed by atoms with E-state index in [0.717, 1.165) is 0 Å². The predicted molar refractivity (Wildman–Crippen MR) is 112 cm³/mol. The zero-order valence-electron chi connectivity index (χ0n) is 16.9. The minimum atomic E-state index is -4.17. The summed E-state index contributed by atoms with van der Waals surface area (Å²) in [5.41, 5.74) is -0.0691. The standard InChI is InChI=1S/C19H23Cl2FNO6P/c1-5-12(6-2)30(25,26)29-28-19-16(22)15(20)17(18(21)23-19)27-11-7-8-14(24)13(9-11)10(3)4/h7-10,12,24H,5-6H2,1-4H3,(H,25,26). The average Bonchev–Trinajstić information content (AvgIpc) is 2.68. The van der Waals surface area contributed by atoms with Gasteiger partial charge in [-0.2, -0.15) is 9.37 Å². The number of aromatic hydroxyl groups is 1. The molecule has 0 saturated heterocycles.